The van der Waals surface area contributed by atoms with Crippen LogP contribution in [0, 0.1) is 6.92 Å². The van der Waals surface area contributed by atoms with Crippen molar-refractivity contribution >= 4 is 57.5 Å². The van der Waals surface area contributed by atoms with E-state index in [1.165, 1.54) is 34.9 Å². The molecule has 0 bridgehead atoms. The number of rotatable bonds is 7. The number of amides is 1. The Morgan fingerprint density at radius 2 is 2.00 bits per heavy atom. The number of nitrogens with zero attached hydrogens (tertiary/aromatic N) is 2. The van der Waals surface area contributed by atoms with Gasteiger partial charge >= 0.3 is 0 Å². The number of benzene rings is 1. The van der Waals surface area contributed by atoms with Gasteiger partial charge < -0.3 is 10.7 Å². The molecule has 9 heteroatoms. The van der Waals surface area contributed by atoms with Gasteiger partial charge in [-0.15, -0.1) is 10.2 Å². The topological polar surface area (TPSA) is 102 Å². The molecule has 0 aliphatic rings. The number of aromatic nitrogens is 3. The van der Waals surface area contributed by atoms with E-state index in [2.05, 4.69) is 15.2 Å². The third-order valence-electron chi connectivity index (χ3n) is 3.51. The monoisotopic (exact) mass is 392 g/mol. The fourth-order valence-electron chi connectivity index (χ4n) is 2.44. The number of nitrogens with one attached hydrogen (secondary N) is 1. The van der Waals surface area contributed by atoms with Crippen molar-refractivity contribution in [2.45, 2.75) is 27.8 Å². The molecule has 1 aromatic carbocycles. The first-order valence-electron chi connectivity index (χ1n) is 7.48. The van der Waals surface area contributed by atoms with Crippen molar-refractivity contribution in [3.8, 4) is 0 Å². The van der Waals surface area contributed by atoms with Gasteiger partial charge in [-0.25, -0.2) is 0 Å². The van der Waals surface area contributed by atoms with E-state index in [0.29, 0.717) is 8.68 Å². The van der Waals surface area contributed by atoms with Gasteiger partial charge in [-0.1, -0.05) is 53.1 Å². The first kappa shape index (κ1) is 18.0. The maximum Gasteiger partial charge on any atom is 0.227 e. The van der Waals surface area contributed by atoms with E-state index >= 15 is 0 Å². The second-order valence-corrected chi connectivity index (χ2v) is 9.17. The van der Waals surface area contributed by atoms with Crippen molar-refractivity contribution < 1.29 is 9.59 Å². The highest BCUT2D eigenvalue weighted by molar-refractivity contribution is 8.04. The van der Waals surface area contributed by atoms with Crippen molar-refractivity contribution in [2.75, 3.05) is 5.75 Å². The van der Waals surface area contributed by atoms with E-state index in [9.17, 15) is 9.59 Å². The van der Waals surface area contributed by atoms with Gasteiger partial charge in [-0.05, 0) is 19.9 Å². The average Bonchev–Trinajstić information content (AvgIpc) is 3.15. The summed E-state index contributed by atoms with van der Waals surface area (Å²) in [6.45, 7) is 3.78. The number of aryl methyl sites for hydroxylation is 1. The largest absolute Gasteiger partial charge is 0.369 e. The van der Waals surface area contributed by atoms with Gasteiger partial charge in [0.25, 0.3) is 0 Å². The van der Waals surface area contributed by atoms with Gasteiger partial charge in [0.05, 0.1) is 11.0 Å². The molecule has 0 saturated heterocycles. The van der Waals surface area contributed by atoms with Gasteiger partial charge in [0.15, 0.2) is 14.5 Å². The van der Waals surface area contributed by atoms with Gasteiger partial charge in [0.1, 0.15) is 0 Å². The summed E-state index contributed by atoms with van der Waals surface area (Å²) in [6, 6.07) is 7.78. The highest BCUT2D eigenvalue weighted by Gasteiger charge is 2.23. The number of para-hydroxylation sites is 1. The maximum atomic E-state index is 12.9. The summed E-state index contributed by atoms with van der Waals surface area (Å²) in [7, 11) is 0. The Morgan fingerprint density at radius 1 is 1.28 bits per heavy atom. The minimum atomic E-state index is -0.396. The van der Waals surface area contributed by atoms with E-state index in [4.69, 9.17) is 5.73 Å². The number of primary amides is 1. The molecule has 1 atom stereocenters. The molecule has 0 saturated carbocycles. The van der Waals surface area contributed by atoms with E-state index in [-0.39, 0.29) is 16.8 Å². The Kier molecular flexibility index (Phi) is 5.45. The number of hydrogen-bond donors (Lipinski definition) is 2. The summed E-state index contributed by atoms with van der Waals surface area (Å²) in [6.07, 6.45) is 0. The molecule has 3 rings (SSSR count). The molecule has 3 aromatic rings. The zero-order chi connectivity index (χ0) is 18.0. The molecular formula is C16H16N4O2S3. The average molecular weight is 393 g/mol. The van der Waals surface area contributed by atoms with Crippen molar-refractivity contribution in [1.29, 1.82) is 0 Å². The predicted octanol–water partition coefficient (Wildman–Crippen LogP) is 3.27. The molecule has 0 aliphatic heterocycles. The van der Waals surface area contributed by atoms with E-state index in [1.807, 2.05) is 38.1 Å². The highest BCUT2D eigenvalue weighted by atomic mass is 32.2. The van der Waals surface area contributed by atoms with Crippen LogP contribution in [0.3, 0.4) is 0 Å². The van der Waals surface area contributed by atoms with Crippen LogP contribution in [0.15, 0.2) is 32.9 Å². The molecule has 6 nitrogen and oxygen atoms in total. The molecule has 0 fully saturated rings. The first-order chi connectivity index (χ1) is 12.0. The van der Waals surface area contributed by atoms with Crippen LogP contribution in [-0.2, 0) is 4.79 Å². The summed E-state index contributed by atoms with van der Waals surface area (Å²) in [5, 5.41) is 8.74. The molecule has 0 radical (unpaired) electrons. The summed E-state index contributed by atoms with van der Waals surface area (Å²) in [5.74, 6) is -0.170. The van der Waals surface area contributed by atoms with Gasteiger partial charge in [0.2, 0.25) is 5.91 Å². The van der Waals surface area contributed by atoms with Crippen LogP contribution in [0.1, 0.15) is 23.0 Å². The van der Waals surface area contributed by atoms with Gasteiger partial charge in [-0.2, -0.15) is 0 Å². The van der Waals surface area contributed by atoms with Crippen molar-refractivity contribution in [1.82, 2.24) is 15.2 Å². The number of aromatic amines is 1. The maximum absolute atomic E-state index is 12.9. The van der Waals surface area contributed by atoms with Gasteiger partial charge in [-0.3, -0.25) is 9.59 Å². The Labute approximate surface area is 157 Å². The fourth-order valence-corrected chi connectivity index (χ4v) is 5.40. The molecule has 1 amide bonds. The van der Waals surface area contributed by atoms with Crippen molar-refractivity contribution in [2.24, 2.45) is 5.73 Å². The summed E-state index contributed by atoms with van der Waals surface area (Å²) >= 11 is 3.99. The van der Waals surface area contributed by atoms with Crippen LogP contribution < -0.4 is 5.73 Å². The molecule has 2 aromatic heterocycles. The number of carbonyl (C=O) groups excluding carboxylic acids is 2. The lowest BCUT2D eigenvalue weighted by molar-refractivity contribution is -0.115. The lowest BCUT2D eigenvalue weighted by Gasteiger charge is -2.08. The van der Waals surface area contributed by atoms with Crippen LogP contribution in [-0.4, -0.2) is 37.9 Å². The Bertz CT molecular complexity index is 935. The van der Waals surface area contributed by atoms with Crippen LogP contribution in [0.5, 0.6) is 0 Å². The molecular weight excluding hydrogens is 376 g/mol. The number of carbonyl (C=O) groups is 2. The highest BCUT2D eigenvalue weighted by Crippen LogP contribution is 2.33. The van der Waals surface area contributed by atoms with E-state index in [0.717, 1.165) is 22.2 Å². The zero-order valence-corrected chi connectivity index (χ0v) is 16.1. The summed E-state index contributed by atoms with van der Waals surface area (Å²) in [5.41, 5.74) is 7.68. The fraction of sp³-hybridized carbons (Fsp3) is 0.250. The number of H-pyrrole nitrogens is 1. The molecule has 2 heterocycles. The molecule has 3 N–H and O–H groups in total. The number of Topliss-reactive ketones (excluding diaryl/α,β-unsaturated/α-hetero) is 1. The van der Waals surface area contributed by atoms with E-state index < -0.39 is 5.91 Å². The lowest BCUT2D eigenvalue weighted by Crippen LogP contribution is -2.14. The first-order valence-corrected chi connectivity index (χ1v) is 10.2. The smallest absolute Gasteiger partial charge is 0.227 e. The molecule has 25 heavy (non-hydrogen) atoms. The molecule has 0 aliphatic carbocycles. The molecule has 130 valence electrons. The van der Waals surface area contributed by atoms with E-state index in [1.54, 1.807) is 0 Å². The summed E-state index contributed by atoms with van der Waals surface area (Å²) in [4.78, 5) is 27.0. The SMILES string of the molecule is Cc1[nH]c2ccccc2c1C(=O)[C@H](C)Sc1nnc(SCC(N)=O)s1. The van der Waals surface area contributed by atoms with Crippen LogP contribution >= 0.6 is 34.9 Å². The molecule has 0 spiro atoms. The Balaban J connectivity index is 1.74. The second kappa shape index (κ2) is 7.59. The number of hydrogen-bond acceptors (Lipinski definition) is 7. The number of thioether (sulfide) groups is 2. The third kappa shape index (κ3) is 4.05. The van der Waals surface area contributed by atoms with Crippen molar-refractivity contribution in [3.05, 3.63) is 35.5 Å². The third-order valence-corrected chi connectivity index (χ3v) is 6.78. The quantitative estimate of drug-likeness (QED) is 0.473. The van der Waals surface area contributed by atoms with Crippen LogP contribution in [0.2, 0.25) is 0 Å². The van der Waals surface area contributed by atoms with Crippen LogP contribution in [0.4, 0.5) is 0 Å². The summed E-state index contributed by atoms with van der Waals surface area (Å²) < 4.78 is 1.37. The van der Waals surface area contributed by atoms with Gasteiger partial charge in [0, 0.05) is 22.2 Å². The Hall–Kier alpha value is -1.84. The minimum absolute atomic E-state index is 0.0569. The van der Waals surface area contributed by atoms with Crippen LogP contribution in [0.25, 0.3) is 10.9 Å². The Morgan fingerprint density at radius 3 is 2.76 bits per heavy atom. The standard InChI is InChI=1S/C16H16N4O2S3/c1-8-13(10-5-3-4-6-11(10)18-8)14(22)9(2)24-16-20-19-15(25-16)23-7-12(17)21/h3-6,9,18H,7H2,1-2H3,(H2,17,21)/t9-/m0/s1. The number of nitrogens with two attached hydrogens (primary N) is 1. The number of fused-ring (bicyclic) bond motifs is 1. The zero-order valence-electron chi connectivity index (χ0n) is 13.6. The second-order valence-electron chi connectivity index (χ2n) is 5.38. The lowest BCUT2D eigenvalue weighted by atomic mass is 10.1. The van der Waals surface area contributed by atoms with Crippen molar-refractivity contribution in [3.63, 3.8) is 0 Å². The predicted molar refractivity (Wildman–Crippen MR) is 103 cm³/mol. The number of ketones is 1. The normalized spacial score (nSPS) is 12.4. The minimum Gasteiger partial charge on any atom is -0.369 e. The molecule has 0 unspecified atom stereocenters.